The third-order valence-corrected chi connectivity index (χ3v) is 6.01. The molecule has 20 heavy (non-hydrogen) atoms. The lowest BCUT2D eigenvalue weighted by molar-refractivity contribution is 0.179. The minimum absolute atomic E-state index is 0.406. The molecular weight excluding hydrogens is 288 g/mol. The Morgan fingerprint density at radius 3 is 3.05 bits per heavy atom. The van der Waals surface area contributed by atoms with Gasteiger partial charge in [-0.15, -0.1) is 11.3 Å². The molecular formula is C15H20N2OS2. The minimum atomic E-state index is -0.406. The number of nitrogens with zero attached hydrogens (tertiary/aromatic N) is 2. The van der Waals surface area contributed by atoms with Gasteiger partial charge in [0.1, 0.15) is 0 Å². The van der Waals surface area contributed by atoms with E-state index in [9.17, 15) is 5.11 Å². The van der Waals surface area contributed by atoms with Crippen LogP contribution in [0.3, 0.4) is 0 Å². The maximum absolute atomic E-state index is 10.5. The fourth-order valence-corrected chi connectivity index (χ4v) is 5.03. The molecule has 0 bridgehead atoms. The Morgan fingerprint density at radius 1 is 1.45 bits per heavy atom. The van der Waals surface area contributed by atoms with Crippen molar-refractivity contribution in [2.24, 2.45) is 0 Å². The van der Waals surface area contributed by atoms with E-state index in [4.69, 9.17) is 0 Å². The molecule has 3 rings (SSSR count). The second-order valence-electron chi connectivity index (χ2n) is 5.21. The first-order valence-corrected chi connectivity index (χ1v) is 9.05. The normalized spacial score (nSPS) is 16.1. The van der Waals surface area contributed by atoms with Crippen molar-refractivity contribution in [1.29, 1.82) is 0 Å². The van der Waals surface area contributed by atoms with Crippen LogP contribution >= 0.6 is 23.1 Å². The Hall–Kier alpha value is -0.780. The van der Waals surface area contributed by atoms with E-state index in [2.05, 4.69) is 24.2 Å². The van der Waals surface area contributed by atoms with Crippen LogP contribution < -0.4 is 0 Å². The molecule has 0 saturated carbocycles. The van der Waals surface area contributed by atoms with Gasteiger partial charge in [0, 0.05) is 34.2 Å². The molecule has 3 heterocycles. The van der Waals surface area contributed by atoms with Crippen LogP contribution in [0.15, 0.2) is 12.1 Å². The average molecular weight is 308 g/mol. The number of hydrogen-bond acceptors (Lipinski definition) is 4. The highest BCUT2D eigenvalue weighted by atomic mass is 32.2. The largest absolute Gasteiger partial charge is 0.387 e. The van der Waals surface area contributed by atoms with Crippen molar-refractivity contribution >= 4 is 23.1 Å². The minimum Gasteiger partial charge on any atom is -0.387 e. The number of aromatic nitrogens is 2. The third-order valence-electron chi connectivity index (χ3n) is 3.66. The Kier molecular flexibility index (Phi) is 4.19. The van der Waals surface area contributed by atoms with Crippen LogP contribution in [-0.2, 0) is 25.1 Å². The smallest absolute Gasteiger partial charge is 0.0937 e. The number of hydrogen-bond donors (Lipinski definition) is 1. The molecule has 1 aliphatic heterocycles. The molecule has 108 valence electrons. The maximum Gasteiger partial charge on any atom is 0.0937 e. The number of rotatable bonds is 4. The fourth-order valence-electron chi connectivity index (χ4n) is 2.67. The van der Waals surface area contributed by atoms with E-state index in [0.717, 1.165) is 35.0 Å². The third kappa shape index (κ3) is 2.80. The van der Waals surface area contributed by atoms with E-state index < -0.39 is 6.10 Å². The molecule has 0 amide bonds. The van der Waals surface area contributed by atoms with E-state index in [1.54, 1.807) is 11.3 Å². The number of thioether (sulfide) groups is 1. The highest BCUT2D eigenvalue weighted by Gasteiger charge is 2.19. The van der Waals surface area contributed by atoms with Crippen molar-refractivity contribution in [1.82, 2.24) is 9.78 Å². The fraction of sp³-hybridized carbons (Fsp3) is 0.533. The molecule has 0 radical (unpaired) electrons. The molecule has 1 unspecified atom stereocenters. The first-order valence-electron chi connectivity index (χ1n) is 7.08. The van der Waals surface area contributed by atoms with Crippen LogP contribution in [0, 0.1) is 6.92 Å². The van der Waals surface area contributed by atoms with Gasteiger partial charge in [-0.05, 0) is 43.7 Å². The second-order valence-corrected chi connectivity index (χ2v) is 7.49. The SMILES string of the molecule is CCn1nc(C)cc1CC(O)c1cc2c(s1)CCSC2. The van der Waals surface area contributed by atoms with Crippen molar-refractivity contribution in [3.05, 3.63) is 38.8 Å². The summed E-state index contributed by atoms with van der Waals surface area (Å²) in [6.45, 7) is 4.94. The number of fused-ring (bicyclic) bond motifs is 1. The van der Waals surface area contributed by atoms with E-state index >= 15 is 0 Å². The predicted molar refractivity (Wildman–Crippen MR) is 85.5 cm³/mol. The van der Waals surface area contributed by atoms with Gasteiger partial charge in [-0.3, -0.25) is 4.68 Å². The van der Waals surface area contributed by atoms with Crippen LogP contribution in [-0.4, -0.2) is 20.6 Å². The first-order chi connectivity index (χ1) is 9.67. The molecule has 0 spiro atoms. The monoisotopic (exact) mass is 308 g/mol. The molecule has 5 heteroatoms. The van der Waals surface area contributed by atoms with Gasteiger partial charge >= 0.3 is 0 Å². The summed E-state index contributed by atoms with van der Waals surface area (Å²) in [5.74, 6) is 2.31. The predicted octanol–water partition coefficient (Wildman–Crippen LogP) is 3.34. The van der Waals surface area contributed by atoms with Gasteiger partial charge in [-0.25, -0.2) is 0 Å². The number of thiophene rings is 1. The molecule has 2 aromatic heterocycles. The zero-order chi connectivity index (χ0) is 14.1. The molecule has 1 atom stereocenters. The highest BCUT2D eigenvalue weighted by Crippen LogP contribution is 2.35. The summed E-state index contributed by atoms with van der Waals surface area (Å²) in [7, 11) is 0. The topological polar surface area (TPSA) is 38.0 Å². The zero-order valence-electron chi connectivity index (χ0n) is 11.9. The van der Waals surface area contributed by atoms with Crippen molar-refractivity contribution in [2.75, 3.05) is 5.75 Å². The highest BCUT2D eigenvalue weighted by molar-refractivity contribution is 7.98. The first kappa shape index (κ1) is 14.2. The molecule has 2 aromatic rings. The standard InChI is InChI=1S/C15H20N2OS2/c1-3-17-12(6-10(2)16-17)8-13(18)15-7-11-9-19-5-4-14(11)20-15/h6-7,13,18H,3-5,8-9H2,1-2H3. The Labute approximate surface area is 128 Å². The number of aryl methyl sites for hydroxylation is 3. The van der Waals surface area contributed by atoms with Gasteiger partial charge < -0.3 is 5.11 Å². The second kappa shape index (κ2) is 5.92. The summed E-state index contributed by atoms with van der Waals surface area (Å²) in [6, 6.07) is 4.28. The van der Waals surface area contributed by atoms with Crippen LogP contribution in [0.4, 0.5) is 0 Å². The average Bonchev–Trinajstić information content (AvgIpc) is 3.01. The molecule has 3 nitrogen and oxygen atoms in total. The van der Waals surface area contributed by atoms with Crippen LogP contribution in [0.2, 0.25) is 0 Å². The summed E-state index contributed by atoms with van der Waals surface area (Å²) in [4.78, 5) is 2.58. The van der Waals surface area contributed by atoms with Crippen molar-refractivity contribution in [3.63, 3.8) is 0 Å². The summed E-state index contributed by atoms with van der Waals surface area (Å²) in [5.41, 5.74) is 3.58. The lowest BCUT2D eigenvalue weighted by Gasteiger charge is -2.09. The molecule has 0 saturated heterocycles. The maximum atomic E-state index is 10.5. The molecule has 0 fully saturated rings. The molecule has 0 aliphatic carbocycles. The summed E-state index contributed by atoms with van der Waals surface area (Å²) in [5, 5.41) is 15.0. The van der Waals surface area contributed by atoms with Gasteiger partial charge in [0.05, 0.1) is 11.8 Å². The zero-order valence-corrected chi connectivity index (χ0v) is 13.6. The van der Waals surface area contributed by atoms with Crippen molar-refractivity contribution < 1.29 is 5.11 Å². The van der Waals surface area contributed by atoms with Crippen LogP contribution in [0.1, 0.15) is 39.7 Å². The summed E-state index contributed by atoms with van der Waals surface area (Å²) < 4.78 is 1.99. The molecule has 0 aromatic carbocycles. The van der Waals surface area contributed by atoms with Crippen molar-refractivity contribution in [2.45, 2.75) is 45.1 Å². The quantitative estimate of drug-likeness (QED) is 0.941. The van der Waals surface area contributed by atoms with E-state index in [-0.39, 0.29) is 0 Å². The van der Waals surface area contributed by atoms with E-state index in [1.165, 1.54) is 16.2 Å². The van der Waals surface area contributed by atoms with Crippen LogP contribution in [0.5, 0.6) is 0 Å². The van der Waals surface area contributed by atoms with Gasteiger partial charge in [0.25, 0.3) is 0 Å². The molecule has 1 aliphatic rings. The van der Waals surface area contributed by atoms with Crippen molar-refractivity contribution in [3.8, 4) is 0 Å². The van der Waals surface area contributed by atoms with E-state index in [0.29, 0.717) is 6.42 Å². The van der Waals surface area contributed by atoms with Gasteiger partial charge in [-0.1, -0.05) is 0 Å². The summed E-state index contributed by atoms with van der Waals surface area (Å²) >= 11 is 3.78. The lowest BCUT2D eigenvalue weighted by Crippen LogP contribution is -2.07. The Bertz CT molecular complexity index is 580. The van der Waals surface area contributed by atoms with Gasteiger partial charge in [-0.2, -0.15) is 16.9 Å². The van der Waals surface area contributed by atoms with E-state index in [1.807, 2.05) is 23.4 Å². The number of aliphatic hydroxyl groups excluding tert-OH is 1. The summed E-state index contributed by atoms with van der Waals surface area (Å²) in [6.07, 6.45) is 1.40. The molecule has 1 N–H and O–H groups in total. The number of aliphatic hydroxyl groups is 1. The van der Waals surface area contributed by atoms with Gasteiger partial charge in [0.2, 0.25) is 0 Å². The Balaban J connectivity index is 1.78. The van der Waals surface area contributed by atoms with Gasteiger partial charge in [0.15, 0.2) is 0 Å². The van der Waals surface area contributed by atoms with Crippen LogP contribution in [0.25, 0.3) is 0 Å². The Morgan fingerprint density at radius 2 is 2.30 bits per heavy atom. The lowest BCUT2D eigenvalue weighted by atomic mass is 10.1.